The van der Waals surface area contributed by atoms with Crippen LogP contribution in [0.2, 0.25) is 0 Å². The number of aromatic nitrogens is 2. The van der Waals surface area contributed by atoms with Gasteiger partial charge in [0.25, 0.3) is 0 Å². The topological polar surface area (TPSA) is 64.1 Å². The van der Waals surface area contributed by atoms with Crippen molar-refractivity contribution in [3.05, 3.63) is 22.7 Å². The van der Waals surface area contributed by atoms with E-state index in [4.69, 9.17) is 8.94 Å². The van der Waals surface area contributed by atoms with Crippen LogP contribution in [-0.2, 0) is 0 Å². The summed E-state index contributed by atoms with van der Waals surface area (Å²) in [5.41, 5.74) is 0. The standard InChI is InChI=1S/C9H8BrN3O2/c10-7-2-1-6(14-7)8-12-9(15-13-8)5-3-4-11-5/h1-2,5,11H,3-4H2/t5-/m1/s1. The van der Waals surface area contributed by atoms with E-state index in [1.54, 1.807) is 12.1 Å². The Kier molecular flexibility index (Phi) is 2.10. The predicted molar refractivity (Wildman–Crippen MR) is 55.1 cm³/mol. The van der Waals surface area contributed by atoms with Crippen molar-refractivity contribution in [1.82, 2.24) is 15.5 Å². The highest BCUT2D eigenvalue weighted by Crippen LogP contribution is 2.26. The fourth-order valence-corrected chi connectivity index (χ4v) is 1.72. The van der Waals surface area contributed by atoms with Crippen molar-refractivity contribution >= 4 is 15.9 Å². The number of furan rings is 1. The van der Waals surface area contributed by atoms with Gasteiger partial charge in [-0.15, -0.1) is 0 Å². The van der Waals surface area contributed by atoms with Crippen LogP contribution in [0.25, 0.3) is 11.6 Å². The zero-order valence-corrected chi connectivity index (χ0v) is 9.32. The summed E-state index contributed by atoms with van der Waals surface area (Å²) in [6, 6.07) is 3.81. The minimum Gasteiger partial charge on any atom is -0.446 e. The Hall–Kier alpha value is -1.14. The normalized spacial score (nSPS) is 20.2. The monoisotopic (exact) mass is 269 g/mol. The van der Waals surface area contributed by atoms with Crippen LogP contribution in [0.15, 0.2) is 25.7 Å². The van der Waals surface area contributed by atoms with Crippen molar-refractivity contribution in [3.63, 3.8) is 0 Å². The van der Waals surface area contributed by atoms with Crippen molar-refractivity contribution in [1.29, 1.82) is 0 Å². The van der Waals surface area contributed by atoms with Crippen molar-refractivity contribution in [3.8, 4) is 11.6 Å². The second kappa shape index (κ2) is 3.46. The molecule has 2 aromatic heterocycles. The SMILES string of the molecule is Brc1ccc(-c2noc([C@H]3CCN3)n2)o1. The largest absolute Gasteiger partial charge is 0.446 e. The van der Waals surface area contributed by atoms with Crippen LogP contribution in [0.5, 0.6) is 0 Å². The molecular weight excluding hydrogens is 262 g/mol. The Bertz CT molecular complexity index is 475. The van der Waals surface area contributed by atoms with Gasteiger partial charge in [0.15, 0.2) is 10.4 Å². The molecule has 0 unspecified atom stereocenters. The number of rotatable bonds is 2. The smallest absolute Gasteiger partial charge is 0.244 e. The molecule has 6 heteroatoms. The molecule has 5 nitrogen and oxygen atoms in total. The second-order valence-corrected chi connectivity index (χ2v) is 4.14. The molecule has 3 rings (SSSR count). The highest BCUT2D eigenvalue weighted by molar-refractivity contribution is 9.10. The predicted octanol–water partition coefficient (Wildman–Crippen LogP) is 2.13. The van der Waals surface area contributed by atoms with Crippen LogP contribution in [0.3, 0.4) is 0 Å². The molecule has 1 fully saturated rings. The lowest BCUT2D eigenvalue weighted by atomic mass is 10.1. The van der Waals surface area contributed by atoms with Crippen LogP contribution in [0, 0.1) is 0 Å². The Morgan fingerprint density at radius 3 is 2.93 bits per heavy atom. The first kappa shape index (κ1) is 9.11. The molecule has 1 atom stereocenters. The van der Waals surface area contributed by atoms with E-state index in [9.17, 15) is 0 Å². The molecule has 0 aliphatic carbocycles. The second-order valence-electron chi connectivity index (χ2n) is 3.36. The van der Waals surface area contributed by atoms with Crippen molar-refractivity contribution < 1.29 is 8.94 Å². The van der Waals surface area contributed by atoms with Gasteiger partial charge in [0.1, 0.15) is 0 Å². The van der Waals surface area contributed by atoms with E-state index in [0.717, 1.165) is 13.0 Å². The Labute approximate surface area is 94.0 Å². The average Bonchev–Trinajstić information content (AvgIpc) is 2.70. The maximum absolute atomic E-state index is 5.33. The molecule has 1 saturated heterocycles. The van der Waals surface area contributed by atoms with E-state index >= 15 is 0 Å². The molecule has 1 aliphatic rings. The van der Waals surface area contributed by atoms with E-state index < -0.39 is 0 Å². The van der Waals surface area contributed by atoms with Crippen molar-refractivity contribution in [2.75, 3.05) is 6.54 Å². The van der Waals surface area contributed by atoms with E-state index in [-0.39, 0.29) is 6.04 Å². The van der Waals surface area contributed by atoms with Crippen molar-refractivity contribution in [2.45, 2.75) is 12.5 Å². The minimum atomic E-state index is 0.213. The third kappa shape index (κ3) is 1.59. The number of nitrogens with zero attached hydrogens (tertiary/aromatic N) is 2. The fourth-order valence-electron chi connectivity index (χ4n) is 1.41. The third-order valence-corrected chi connectivity index (χ3v) is 2.78. The maximum atomic E-state index is 5.33. The molecule has 78 valence electrons. The van der Waals surface area contributed by atoms with Crippen LogP contribution in [-0.4, -0.2) is 16.7 Å². The first-order valence-electron chi connectivity index (χ1n) is 4.65. The lowest BCUT2D eigenvalue weighted by Crippen LogP contribution is -2.35. The van der Waals surface area contributed by atoms with E-state index in [1.807, 2.05) is 0 Å². The summed E-state index contributed by atoms with van der Waals surface area (Å²) >= 11 is 3.22. The summed E-state index contributed by atoms with van der Waals surface area (Å²) in [4.78, 5) is 4.26. The molecule has 0 spiro atoms. The van der Waals surface area contributed by atoms with Crippen LogP contribution in [0.1, 0.15) is 18.4 Å². The van der Waals surface area contributed by atoms with Gasteiger partial charge < -0.3 is 14.3 Å². The number of hydrogen-bond donors (Lipinski definition) is 1. The van der Waals surface area contributed by atoms with Gasteiger partial charge in [-0.2, -0.15) is 4.98 Å². The molecular formula is C9H8BrN3O2. The summed E-state index contributed by atoms with van der Waals surface area (Å²) < 4.78 is 11.1. The number of halogens is 1. The molecule has 0 saturated carbocycles. The molecule has 0 bridgehead atoms. The minimum absolute atomic E-state index is 0.213. The summed E-state index contributed by atoms with van der Waals surface area (Å²) in [6.07, 6.45) is 1.05. The zero-order chi connectivity index (χ0) is 10.3. The van der Waals surface area contributed by atoms with Gasteiger partial charge in [-0.25, -0.2) is 0 Å². The third-order valence-electron chi connectivity index (χ3n) is 2.36. The average molecular weight is 270 g/mol. The highest BCUT2D eigenvalue weighted by atomic mass is 79.9. The fraction of sp³-hybridized carbons (Fsp3) is 0.333. The Morgan fingerprint density at radius 2 is 2.33 bits per heavy atom. The highest BCUT2D eigenvalue weighted by Gasteiger charge is 2.25. The number of nitrogens with one attached hydrogen (secondary N) is 1. The summed E-state index contributed by atoms with van der Waals surface area (Å²) in [5, 5.41) is 7.06. The number of hydrogen-bond acceptors (Lipinski definition) is 5. The van der Waals surface area contributed by atoms with Crippen molar-refractivity contribution in [2.24, 2.45) is 0 Å². The lowest BCUT2D eigenvalue weighted by molar-refractivity contribution is 0.273. The molecule has 2 aromatic rings. The zero-order valence-electron chi connectivity index (χ0n) is 7.74. The van der Waals surface area contributed by atoms with Crippen LogP contribution in [0.4, 0.5) is 0 Å². The molecule has 1 aliphatic heterocycles. The van der Waals surface area contributed by atoms with Crippen LogP contribution < -0.4 is 5.32 Å². The quantitative estimate of drug-likeness (QED) is 0.905. The molecule has 0 radical (unpaired) electrons. The van der Waals surface area contributed by atoms with Gasteiger partial charge in [0, 0.05) is 0 Å². The van der Waals surface area contributed by atoms with Gasteiger partial charge >= 0.3 is 0 Å². The van der Waals surface area contributed by atoms with Gasteiger partial charge in [0.2, 0.25) is 11.7 Å². The molecule has 15 heavy (non-hydrogen) atoms. The van der Waals surface area contributed by atoms with Gasteiger partial charge in [0.05, 0.1) is 6.04 Å². The molecule has 0 aromatic carbocycles. The first-order chi connectivity index (χ1) is 7.33. The van der Waals surface area contributed by atoms with E-state index in [1.165, 1.54) is 0 Å². The summed E-state index contributed by atoms with van der Waals surface area (Å²) in [6.45, 7) is 1.01. The molecule has 3 heterocycles. The van der Waals surface area contributed by atoms with Gasteiger partial charge in [-0.3, -0.25) is 0 Å². The summed E-state index contributed by atoms with van der Waals surface area (Å²) in [5.74, 6) is 1.73. The van der Waals surface area contributed by atoms with E-state index in [2.05, 4.69) is 31.4 Å². The first-order valence-corrected chi connectivity index (χ1v) is 5.45. The molecule has 1 N–H and O–H groups in total. The van der Waals surface area contributed by atoms with Crippen LogP contribution >= 0.6 is 15.9 Å². The van der Waals surface area contributed by atoms with Gasteiger partial charge in [-0.05, 0) is 41.0 Å². The lowest BCUT2D eigenvalue weighted by Gasteiger charge is -2.23. The maximum Gasteiger partial charge on any atom is 0.244 e. The Balaban J connectivity index is 1.89. The molecule has 0 amide bonds. The summed E-state index contributed by atoms with van der Waals surface area (Å²) in [7, 11) is 0. The Morgan fingerprint density at radius 1 is 1.47 bits per heavy atom. The van der Waals surface area contributed by atoms with E-state index in [0.29, 0.717) is 22.1 Å². The van der Waals surface area contributed by atoms with Gasteiger partial charge in [-0.1, -0.05) is 5.16 Å².